The van der Waals surface area contributed by atoms with E-state index in [0.29, 0.717) is 18.6 Å². The van der Waals surface area contributed by atoms with Crippen LogP contribution in [-0.4, -0.2) is 17.6 Å². The van der Waals surface area contributed by atoms with Crippen LogP contribution in [0.4, 0.5) is 11.4 Å². The topological polar surface area (TPSA) is 58.2 Å². The fourth-order valence-corrected chi connectivity index (χ4v) is 1.84. The number of anilines is 2. The molecule has 1 aliphatic rings. The highest BCUT2D eigenvalue weighted by Gasteiger charge is 2.17. The van der Waals surface area contributed by atoms with E-state index >= 15 is 0 Å². The quantitative estimate of drug-likeness (QED) is 0.695. The summed E-state index contributed by atoms with van der Waals surface area (Å²) in [6, 6.07) is 5.40. The molecule has 2 N–H and O–H groups in total. The Morgan fingerprint density at radius 1 is 1.50 bits per heavy atom. The van der Waals surface area contributed by atoms with Gasteiger partial charge in [0.15, 0.2) is 0 Å². The van der Waals surface area contributed by atoms with Crippen LogP contribution in [0.1, 0.15) is 12.0 Å². The van der Waals surface area contributed by atoms with Crippen molar-refractivity contribution in [1.82, 2.24) is 0 Å². The summed E-state index contributed by atoms with van der Waals surface area (Å²) < 4.78 is 0. The minimum Gasteiger partial charge on any atom is -0.326 e. The van der Waals surface area contributed by atoms with Crippen LogP contribution in [-0.2, 0) is 16.0 Å². The second-order valence-electron chi connectivity index (χ2n) is 3.62. The summed E-state index contributed by atoms with van der Waals surface area (Å²) in [5, 5.41) is 5.50. The lowest BCUT2D eigenvalue weighted by molar-refractivity contribution is -0.116. The van der Waals surface area contributed by atoms with E-state index in [-0.39, 0.29) is 11.8 Å². The number of hydrogen-bond acceptors (Lipinski definition) is 3. The zero-order valence-electron chi connectivity index (χ0n) is 8.62. The summed E-state index contributed by atoms with van der Waals surface area (Å²) in [5.41, 5.74) is 2.48. The highest BCUT2D eigenvalue weighted by molar-refractivity contribution is 7.80. The number of fused-ring (bicyclic) bond motifs is 1. The Balaban J connectivity index is 2.10. The molecular formula is C11H12N2O2S. The van der Waals surface area contributed by atoms with Crippen molar-refractivity contribution in [3.63, 3.8) is 0 Å². The van der Waals surface area contributed by atoms with Crippen molar-refractivity contribution in [2.75, 3.05) is 16.4 Å². The van der Waals surface area contributed by atoms with E-state index in [1.165, 1.54) is 0 Å². The Kier molecular flexibility index (Phi) is 3.14. The second kappa shape index (κ2) is 4.57. The Morgan fingerprint density at radius 3 is 3.06 bits per heavy atom. The number of hydrogen-bond donors (Lipinski definition) is 3. The lowest BCUT2D eigenvalue weighted by Crippen LogP contribution is -2.11. The van der Waals surface area contributed by atoms with Crippen LogP contribution < -0.4 is 10.6 Å². The van der Waals surface area contributed by atoms with Gasteiger partial charge < -0.3 is 10.6 Å². The predicted molar refractivity (Wildman–Crippen MR) is 65.9 cm³/mol. The van der Waals surface area contributed by atoms with Gasteiger partial charge in [0.05, 0.1) is 6.42 Å². The van der Waals surface area contributed by atoms with Crippen molar-refractivity contribution >= 4 is 35.8 Å². The van der Waals surface area contributed by atoms with Crippen LogP contribution in [0.2, 0.25) is 0 Å². The summed E-state index contributed by atoms with van der Waals surface area (Å²) in [6.45, 7) is 0. The first-order valence-corrected chi connectivity index (χ1v) is 5.66. The van der Waals surface area contributed by atoms with E-state index in [1.807, 2.05) is 6.07 Å². The molecule has 0 atom stereocenters. The number of rotatable bonds is 3. The minimum absolute atomic E-state index is 0.00571. The van der Waals surface area contributed by atoms with Gasteiger partial charge in [-0.15, -0.1) is 0 Å². The largest absolute Gasteiger partial charge is 0.326 e. The van der Waals surface area contributed by atoms with Crippen molar-refractivity contribution in [3.8, 4) is 0 Å². The molecule has 0 bridgehead atoms. The molecule has 0 spiro atoms. The lowest BCUT2D eigenvalue weighted by atomic mass is 10.1. The molecule has 1 aromatic carbocycles. The molecule has 0 aliphatic carbocycles. The van der Waals surface area contributed by atoms with Crippen LogP contribution in [0.5, 0.6) is 0 Å². The van der Waals surface area contributed by atoms with E-state index in [0.717, 1.165) is 16.9 Å². The number of amides is 2. The van der Waals surface area contributed by atoms with Gasteiger partial charge in [-0.25, -0.2) is 0 Å². The molecule has 4 nitrogen and oxygen atoms in total. The minimum atomic E-state index is -0.0627. The van der Waals surface area contributed by atoms with Crippen molar-refractivity contribution < 1.29 is 9.59 Å². The van der Waals surface area contributed by atoms with Crippen LogP contribution in [0.25, 0.3) is 0 Å². The first-order chi connectivity index (χ1) is 7.69. The van der Waals surface area contributed by atoms with E-state index < -0.39 is 0 Å². The third-order valence-electron chi connectivity index (χ3n) is 2.35. The number of carbonyl (C=O) groups is 2. The first-order valence-electron chi connectivity index (χ1n) is 5.02. The molecule has 84 valence electrons. The lowest BCUT2D eigenvalue weighted by Gasteiger charge is -2.05. The van der Waals surface area contributed by atoms with Gasteiger partial charge >= 0.3 is 0 Å². The van der Waals surface area contributed by atoms with Gasteiger partial charge in [0.1, 0.15) is 0 Å². The van der Waals surface area contributed by atoms with E-state index in [1.54, 1.807) is 12.1 Å². The molecule has 16 heavy (non-hydrogen) atoms. The molecule has 0 aromatic heterocycles. The SMILES string of the molecule is O=C(CCS)Nc1ccc2c(c1)CC(=O)N2. The standard InChI is InChI=1S/C11H12N2O2S/c14-10(3-4-16)12-8-1-2-9-7(5-8)6-11(15)13-9/h1-2,5,16H,3-4,6H2,(H,12,14)(H,13,15). The van der Waals surface area contributed by atoms with Crippen molar-refractivity contribution in [2.45, 2.75) is 12.8 Å². The van der Waals surface area contributed by atoms with Crippen molar-refractivity contribution in [2.24, 2.45) is 0 Å². The molecule has 0 saturated heterocycles. The summed E-state index contributed by atoms with van der Waals surface area (Å²) >= 11 is 3.99. The van der Waals surface area contributed by atoms with Gasteiger partial charge in [-0.05, 0) is 29.5 Å². The first kappa shape index (κ1) is 11.0. The fraction of sp³-hybridized carbons (Fsp3) is 0.273. The highest BCUT2D eigenvalue weighted by atomic mass is 32.1. The van der Waals surface area contributed by atoms with Crippen LogP contribution in [0.15, 0.2) is 18.2 Å². The molecule has 5 heteroatoms. The number of benzene rings is 1. The molecule has 1 aromatic rings. The molecule has 1 heterocycles. The average Bonchev–Trinajstić information content (AvgIpc) is 2.57. The second-order valence-corrected chi connectivity index (χ2v) is 4.07. The van der Waals surface area contributed by atoms with Crippen LogP contribution in [0, 0.1) is 0 Å². The molecule has 0 fully saturated rings. The third kappa shape index (κ3) is 2.36. The van der Waals surface area contributed by atoms with Crippen LogP contribution >= 0.6 is 12.6 Å². The number of thiol groups is 1. The average molecular weight is 236 g/mol. The smallest absolute Gasteiger partial charge is 0.228 e. The monoisotopic (exact) mass is 236 g/mol. The summed E-state index contributed by atoms with van der Waals surface area (Å²) in [4.78, 5) is 22.5. The molecule has 0 saturated carbocycles. The molecule has 1 aliphatic heterocycles. The predicted octanol–water partition coefficient (Wildman–Crippen LogP) is 1.44. The van der Waals surface area contributed by atoms with Gasteiger partial charge in [-0.1, -0.05) is 0 Å². The van der Waals surface area contributed by atoms with E-state index in [2.05, 4.69) is 23.3 Å². The number of nitrogens with one attached hydrogen (secondary N) is 2. The Bertz CT molecular complexity index is 446. The summed E-state index contributed by atoms with van der Waals surface area (Å²) in [6.07, 6.45) is 0.767. The van der Waals surface area contributed by atoms with Crippen molar-refractivity contribution in [1.29, 1.82) is 0 Å². The molecule has 2 amide bonds. The Morgan fingerprint density at radius 2 is 2.31 bits per heavy atom. The van der Waals surface area contributed by atoms with Gasteiger partial charge in [-0.2, -0.15) is 12.6 Å². The molecule has 0 unspecified atom stereocenters. The molecular weight excluding hydrogens is 224 g/mol. The van der Waals surface area contributed by atoms with E-state index in [9.17, 15) is 9.59 Å². The fourth-order valence-electron chi connectivity index (χ4n) is 1.63. The highest BCUT2D eigenvalue weighted by Crippen LogP contribution is 2.25. The van der Waals surface area contributed by atoms with Gasteiger partial charge in [0.2, 0.25) is 11.8 Å². The maximum Gasteiger partial charge on any atom is 0.228 e. The summed E-state index contributed by atoms with van der Waals surface area (Å²) in [7, 11) is 0. The molecule has 2 rings (SSSR count). The third-order valence-corrected chi connectivity index (χ3v) is 2.58. The zero-order chi connectivity index (χ0) is 11.5. The van der Waals surface area contributed by atoms with Gasteiger partial charge in [0.25, 0.3) is 0 Å². The zero-order valence-corrected chi connectivity index (χ0v) is 9.51. The van der Waals surface area contributed by atoms with Crippen molar-refractivity contribution in [3.05, 3.63) is 23.8 Å². The normalized spacial score (nSPS) is 13.2. The number of carbonyl (C=O) groups excluding carboxylic acids is 2. The maximum absolute atomic E-state index is 11.3. The van der Waals surface area contributed by atoms with Gasteiger partial charge in [0, 0.05) is 17.8 Å². The molecule has 0 radical (unpaired) electrons. The van der Waals surface area contributed by atoms with Gasteiger partial charge in [-0.3, -0.25) is 9.59 Å². The van der Waals surface area contributed by atoms with Crippen LogP contribution in [0.3, 0.4) is 0 Å². The summed E-state index contributed by atoms with van der Waals surface area (Å²) in [5.74, 6) is 0.456. The Hall–Kier alpha value is -1.49. The maximum atomic E-state index is 11.3. The van der Waals surface area contributed by atoms with E-state index in [4.69, 9.17) is 0 Å². The Labute approximate surface area is 98.8 Å².